The molecule has 1 aliphatic carbocycles. The molecule has 0 saturated heterocycles. The molecule has 3 aromatic heterocycles. The lowest BCUT2D eigenvalue weighted by Gasteiger charge is -2.16. The Balaban J connectivity index is 0.780. The van der Waals surface area contributed by atoms with Crippen LogP contribution < -0.4 is 0 Å². The van der Waals surface area contributed by atoms with Crippen LogP contribution in [0.25, 0.3) is 112 Å². The minimum absolute atomic E-state index is 0.189. The molecule has 0 fully saturated rings. The van der Waals surface area contributed by atoms with Crippen molar-refractivity contribution in [3.63, 3.8) is 0 Å². The van der Waals surface area contributed by atoms with E-state index < -0.39 is 0 Å². The van der Waals surface area contributed by atoms with Crippen LogP contribution in [0.1, 0.15) is 22.6 Å². The van der Waals surface area contributed by atoms with Crippen molar-refractivity contribution in [1.82, 2.24) is 4.57 Å². The van der Waals surface area contributed by atoms with Gasteiger partial charge in [0.2, 0.25) is 0 Å². The summed E-state index contributed by atoms with van der Waals surface area (Å²) in [6, 6.07) is 81.7. The van der Waals surface area contributed by atoms with Crippen LogP contribution in [0, 0.1) is 0 Å². The molecule has 0 bridgehead atoms. The van der Waals surface area contributed by atoms with Gasteiger partial charge in [-0.15, -0.1) is 22.7 Å². The highest BCUT2D eigenvalue weighted by molar-refractivity contribution is 7.26. The molecule has 3 heteroatoms. The molecule has 0 saturated carbocycles. The molecule has 14 rings (SSSR count). The van der Waals surface area contributed by atoms with E-state index in [0.29, 0.717) is 0 Å². The first-order valence-electron chi connectivity index (χ1n) is 22.0. The van der Waals surface area contributed by atoms with Crippen LogP contribution >= 0.6 is 22.7 Å². The maximum atomic E-state index is 2.42. The summed E-state index contributed by atoms with van der Waals surface area (Å²) in [5.74, 6) is 0.189. The topological polar surface area (TPSA) is 4.93 Å². The highest BCUT2D eigenvalue weighted by atomic mass is 32.1. The maximum Gasteiger partial charge on any atom is 0.0541 e. The summed E-state index contributed by atoms with van der Waals surface area (Å²) in [6.07, 6.45) is 0. The normalized spacial score (nSPS) is 13.5. The molecule has 1 unspecified atom stereocenters. The summed E-state index contributed by atoms with van der Waals surface area (Å²) in [6.45, 7) is 0. The number of benzene rings is 10. The Bertz CT molecular complexity index is 4010. The van der Waals surface area contributed by atoms with Gasteiger partial charge in [0.1, 0.15) is 0 Å². The first kappa shape index (κ1) is 36.0. The van der Waals surface area contributed by atoms with Crippen molar-refractivity contribution in [2.75, 3.05) is 0 Å². The Morgan fingerprint density at radius 3 is 1.45 bits per heavy atom. The predicted molar refractivity (Wildman–Crippen MR) is 276 cm³/mol. The number of nitrogens with zero attached hydrogens (tertiary/aromatic N) is 1. The lowest BCUT2D eigenvalue weighted by atomic mass is 9.88. The lowest BCUT2D eigenvalue weighted by Crippen LogP contribution is -1.99. The number of para-hydroxylation sites is 1. The fourth-order valence-electron chi connectivity index (χ4n) is 10.7. The number of hydrogen-bond acceptors (Lipinski definition) is 2. The lowest BCUT2D eigenvalue weighted by molar-refractivity contribution is 1.02. The van der Waals surface area contributed by atoms with Gasteiger partial charge >= 0.3 is 0 Å². The Morgan fingerprint density at radius 2 is 0.766 bits per heavy atom. The molecule has 13 aromatic rings. The first-order valence-corrected chi connectivity index (χ1v) is 23.6. The Hall–Kier alpha value is -7.56. The molecule has 10 aromatic carbocycles. The van der Waals surface area contributed by atoms with Gasteiger partial charge in [0.05, 0.1) is 11.0 Å². The van der Waals surface area contributed by atoms with Crippen LogP contribution in [-0.4, -0.2) is 4.57 Å². The van der Waals surface area contributed by atoms with E-state index in [2.05, 4.69) is 223 Å². The molecule has 0 amide bonds. The van der Waals surface area contributed by atoms with E-state index in [1.807, 2.05) is 22.7 Å². The van der Waals surface area contributed by atoms with Gasteiger partial charge in [0.15, 0.2) is 0 Å². The van der Waals surface area contributed by atoms with E-state index in [1.54, 1.807) is 0 Å². The van der Waals surface area contributed by atoms with Gasteiger partial charge in [0.25, 0.3) is 0 Å². The second kappa shape index (κ2) is 14.0. The highest BCUT2D eigenvalue weighted by Gasteiger charge is 2.30. The zero-order valence-corrected chi connectivity index (χ0v) is 36.3. The number of fused-ring (bicyclic) bond motifs is 12. The molecule has 64 heavy (non-hydrogen) atoms. The standard InChI is InChI=1S/C61H37NS2/c1-2-13-49-45(9-1)51-33-40(42-25-31-59-53(35-42)47-11-4-7-15-57(47)63-59)23-29-50(51)61(49)39-19-17-37(18-20-39)38-21-27-44(28-22-38)62-55-14-6-3-10-46(55)52-34-41(24-30-56(52)62)43-26-32-60-54(36-43)48-12-5-8-16-58(48)64-60/h1-36,61H. The fourth-order valence-corrected chi connectivity index (χ4v) is 12.8. The molecule has 3 heterocycles. The Labute approximate surface area is 378 Å². The third-order valence-electron chi connectivity index (χ3n) is 13.7. The van der Waals surface area contributed by atoms with E-state index in [-0.39, 0.29) is 5.92 Å². The van der Waals surface area contributed by atoms with Crippen molar-refractivity contribution in [1.29, 1.82) is 0 Å². The van der Waals surface area contributed by atoms with E-state index in [1.165, 1.54) is 123 Å². The van der Waals surface area contributed by atoms with Gasteiger partial charge in [0, 0.05) is 62.7 Å². The van der Waals surface area contributed by atoms with Gasteiger partial charge in [-0.05, 0) is 134 Å². The summed E-state index contributed by atoms with van der Waals surface area (Å²) in [4.78, 5) is 0. The third kappa shape index (κ3) is 5.48. The number of rotatable bonds is 5. The largest absolute Gasteiger partial charge is 0.309 e. The number of aromatic nitrogens is 1. The van der Waals surface area contributed by atoms with Crippen molar-refractivity contribution in [2.45, 2.75) is 5.92 Å². The van der Waals surface area contributed by atoms with Gasteiger partial charge in [-0.1, -0.05) is 146 Å². The van der Waals surface area contributed by atoms with Crippen LogP contribution in [0.4, 0.5) is 0 Å². The molecular weight excluding hydrogens is 811 g/mol. The van der Waals surface area contributed by atoms with Crippen molar-refractivity contribution < 1.29 is 0 Å². The van der Waals surface area contributed by atoms with Crippen molar-refractivity contribution in [3.05, 3.63) is 235 Å². The van der Waals surface area contributed by atoms with Crippen LogP contribution in [-0.2, 0) is 0 Å². The van der Waals surface area contributed by atoms with Crippen LogP contribution in [0.3, 0.4) is 0 Å². The summed E-state index contributed by atoms with van der Waals surface area (Å²) < 4.78 is 7.77. The average molecular weight is 848 g/mol. The molecule has 298 valence electrons. The molecule has 1 aliphatic rings. The quantitative estimate of drug-likeness (QED) is 0.163. The Kier molecular flexibility index (Phi) is 7.85. The monoisotopic (exact) mass is 847 g/mol. The van der Waals surface area contributed by atoms with Crippen LogP contribution in [0.2, 0.25) is 0 Å². The second-order valence-electron chi connectivity index (χ2n) is 17.2. The molecule has 1 nitrogen and oxygen atoms in total. The molecular formula is C61H37NS2. The minimum atomic E-state index is 0.189. The smallest absolute Gasteiger partial charge is 0.0541 e. The molecule has 0 N–H and O–H groups in total. The predicted octanol–water partition coefficient (Wildman–Crippen LogP) is 17.7. The molecule has 0 aliphatic heterocycles. The molecule has 1 atom stereocenters. The van der Waals surface area contributed by atoms with Crippen molar-refractivity contribution in [2.24, 2.45) is 0 Å². The summed E-state index contributed by atoms with van der Waals surface area (Å²) in [7, 11) is 0. The summed E-state index contributed by atoms with van der Waals surface area (Å²) in [5.41, 5.74) is 17.8. The van der Waals surface area contributed by atoms with Gasteiger partial charge < -0.3 is 4.57 Å². The summed E-state index contributed by atoms with van der Waals surface area (Å²) >= 11 is 3.74. The van der Waals surface area contributed by atoms with Crippen LogP contribution in [0.5, 0.6) is 0 Å². The van der Waals surface area contributed by atoms with Crippen molar-refractivity contribution in [3.8, 4) is 50.2 Å². The minimum Gasteiger partial charge on any atom is -0.309 e. The van der Waals surface area contributed by atoms with Crippen molar-refractivity contribution >= 4 is 84.8 Å². The molecule has 0 radical (unpaired) electrons. The highest BCUT2D eigenvalue weighted by Crippen LogP contribution is 2.50. The zero-order valence-electron chi connectivity index (χ0n) is 34.6. The Morgan fingerprint density at radius 1 is 0.297 bits per heavy atom. The van der Waals surface area contributed by atoms with E-state index >= 15 is 0 Å². The van der Waals surface area contributed by atoms with Gasteiger partial charge in [-0.3, -0.25) is 0 Å². The van der Waals surface area contributed by atoms with E-state index in [0.717, 1.165) is 5.69 Å². The maximum absolute atomic E-state index is 2.42. The van der Waals surface area contributed by atoms with E-state index in [9.17, 15) is 0 Å². The second-order valence-corrected chi connectivity index (χ2v) is 19.4. The number of hydrogen-bond donors (Lipinski definition) is 0. The average Bonchev–Trinajstić information content (AvgIpc) is 4.11. The molecule has 0 spiro atoms. The number of thiophene rings is 2. The van der Waals surface area contributed by atoms with Gasteiger partial charge in [-0.2, -0.15) is 0 Å². The SMILES string of the molecule is c1ccc2c(c1)-c1cc(-c3ccc4sc5ccccc5c4c3)ccc1C2c1ccc(-c2ccc(-n3c4ccccc4c4cc(-c5ccc6sc7ccccc7c6c5)ccc43)cc2)cc1. The third-order valence-corrected chi connectivity index (χ3v) is 16.0. The van der Waals surface area contributed by atoms with E-state index in [4.69, 9.17) is 0 Å². The van der Waals surface area contributed by atoms with Crippen LogP contribution in [0.15, 0.2) is 218 Å². The fraction of sp³-hybridized carbons (Fsp3) is 0.0164. The van der Waals surface area contributed by atoms with Gasteiger partial charge in [-0.25, -0.2) is 0 Å². The summed E-state index contributed by atoms with van der Waals surface area (Å²) in [5, 5.41) is 7.87. The zero-order chi connectivity index (χ0) is 41.9. The first-order chi connectivity index (χ1) is 31.7.